The Morgan fingerprint density at radius 1 is 1.06 bits per heavy atom. The second-order valence-corrected chi connectivity index (χ2v) is 4.24. The topological polar surface area (TPSA) is 43.1 Å². The number of amides is 1. The molecular formula is C14H12ClNO. The molecule has 17 heavy (non-hydrogen) atoms. The van der Waals surface area contributed by atoms with E-state index in [0.29, 0.717) is 5.02 Å². The molecule has 0 fully saturated rings. The van der Waals surface area contributed by atoms with Gasteiger partial charge in [-0.2, -0.15) is 0 Å². The monoisotopic (exact) mass is 245 g/mol. The lowest BCUT2D eigenvalue weighted by Gasteiger charge is -2.08. The first kappa shape index (κ1) is 11.7. The van der Waals surface area contributed by atoms with Gasteiger partial charge in [0.25, 0.3) is 0 Å². The van der Waals surface area contributed by atoms with Crippen LogP contribution in [0.3, 0.4) is 0 Å². The summed E-state index contributed by atoms with van der Waals surface area (Å²) in [5, 5.41) is 0.695. The van der Waals surface area contributed by atoms with Gasteiger partial charge in [-0.05, 0) is 28.8 Å². The minimum Gasteiger partial charge on any atom is -0.369 e. The molecule has 0 spiro atoms. The van der Waals surface area contributed by atoms with Crippen LogP contribution in [-0.2, 0) is 11.2 Å². The van der Waals surface area contributed by atoms with Crippen LogP contribution in [0.2, 0.25) is 5.02 Å². The summed E-state index contributed by atoms with van der Waals surface area (Å²) in [6.07, 6.45) is 0.249. The summed E-state index contributed by atoms with van der Waals surface area (Å²) in [6, 6.07) is 15.3. The van der Waals surface area contributed by atoms with Crippen LogP contribution in [0.15, 0.2) is 48.5 Å². The first-order chi connectivity index (χ1) is 8.16. The van der Waals surface area contributed by atoms with E-state index in [1.807, 2.05) is 48.5 Å². The zero-order chi connectivity index (χ0) is 12.3. The smallest absolute Gasteiger partial charge is 0.221 e. The fraction of sp³-hybridized carbons (Fsp3) is 0.0714. The number of primary amides is 1. The average Bonchev–Trinajstić information content (AvgIpc) is 2.30. The van der Waals surface area contributed by atoms with Crippen molar-refractivity contribution in [3.8, 4) is 11.1 Å². The molecule has 0 aliphatic heterocycles. The molecule has 3 heteroatoms. The van der Waals surface area contributed by atoms with Gasteiger partial charge in [-0.1, -0.05) is 48.0 Å². The molecule has 0 saturated carbocycles. The van der Waals surface area contributed by atoms with Gasteiger partial charge in [-0.25, -0.2) is 0 Å². The van der Waals surface area contributed by atoms with Gasteiger partial charge in [-0.3, -0.25) is 4.79 Å². The molecule has 0 atom stereocenters. The van der Waals surface area contributed by atoms with E-state index >= 15 is 0 Å². The van der Waals surface area contributed by atoms with E-state index in [9.17, 15) is 4.79 Å². The highest BCUT2D eigenvalue weighted by molar-refractivity contribution is 6.30. The van der Waals surface area contributed by atoms with Crippen molar-refractivity contribution in [1.82, 2.24) is 0 Å². The molecule has 0 bridgehead atoms. The lowest BCUT2D eigenvalue weighted by atomic mass is 9.98. The molecule has 0 aromatic heterocycles. The lowest BCUT2D eigenvalue weighted by Crippen LogP contribution is -2.14. The van der Waals surface area contributed by atoms with Gasteiger partial charge in [-0.15, -0.1) is 0 Å². The van der Waals surface area contributed by atoms with Crippen LogP contribution in [0.1, 0.15) is 5.56 Å². The summed E-state index contributed by atoms with van der Waals surface area (Å²) in [4.78, 5) is 11.0. The molecule has 0 aliphatic carbocycles. The van der Waals surface area contributed by atoms with Crippen molar-refractivity contribution < 1.29 is 4.79 Å². The average molecular weight is 246 g/mol. The van der Waals surface area contributed by atoms with Crippen LogP contribution in [0.5, 0.6) is 0 Å². The van der Waals surface area contributed by atoms with E-state index in [1.165, 1.54) is 0 Å². The summed E-state index contributed by atoms with van der Waals surface area (Å²) in [7, 11) is 0. The lowest BCUT2D eigenvalue weighted by molar-refractivity contribution is -0.117. The Kier molecular flexibility index (Phi) is 3.45. The molecule has 86 valence electrons. The van der Waals surface area contributed by atoms with Crippen LogP contribution in [0, 0.1) is 0 Å². The number of carbonyl (C=O) groups is 1. The van der Waals surface area contributed by atoms with Gasteiger partial charge in [0.1, 0.15) is 0 Å². The molecule has 1 amide bonds. The van der Waals surface area contributed by atoms with Crippen molar-refractivity contribution in [3.63, 3.8) is 0 Å². The van der Waals surface area contributed by atoms with Crippen molar-refractivity contribution in [2.45, 2.75) is 6.42 Å². The Hall–Kier alpha value is -1.80. The van der Waals surface area contributed by atoms with Crippen LogP contribution in [0.25, 0.3) is 11.1 Å². The van der Waals surface area contributed by atoms with Crippen molar-refractivity contribution in [2.24, 2.45) is 5.73 Å². The zero-order valence-corrected chi connectivity index (χ0v) is 9.95. The quantitative estimate of drug-likeness (QED) is 0.888. The molecule has 2 rings (SSSR count). The molecule has 2 nitrogen and oxygen atoms in total. The fourth-order valence-electron chi connectivity index (χ4n) is 1.77. The van der Waals surface area contributed by atoms with Crippen molar-refractivity contribution in [3.05, 3.63) is 59.1 Å². The summed E-state index contributed by atoms with van der Waals surface area (Å²) in [6.45, 7) is 0. The fourth-order valence-corrected chi connectivity index (χ4v) is 1.90. The number of nitrogens with two attached hydrogens (primary N) is 1. The van der Waals surface area contributed by atoms with Gasteiger partial charge in [0, 0.05) is 5.02 Å². The third-order valence-corrected chi connectivity index (χ3v) is 2.79. The molecule has 0 radical (unpaired) electrons. The Labute approximate surface area is 105 Å². The van der Waals surface area contributed by atoms with E-state index in [4.69, 9.17) is 17.3 Å². The summed E-state index contributed by atoms with van der Waals surface area (Å²) >= 11 is 5.85. The number of benzene rings is 2. The Bertz CT molecular complexity index is 534. The van der Waals surface area contributed by atoms with E-state index in [0.717, 1.165) is 16.7 Å². The van der Waals surface area contributed by atoms with Crippen LogP contribution in [0.4, 0.5) is 0 Å². The molecule has 0 heterocycles. The molecule has 2 aromatic rings. The molecule has 2 N–H and O–H groups in total. The predicted octanol–water partition coefficient (Wildman–Crippen LogP) is 3.03. The highest BCUT2D eigenvalue weighted by Crippen LogP contribution is 2.25. The van der Waals surface area contributed by atoms with Crippen LogP contribution >= 0.6 is 11.6 Å². The Morgan fingerprint density at radius 3 is 2.35 bits per heavy atom. The summed E-state index contributed by atoms with van der Waals surface area (Å²) in [5.41, 5.74) is 8.22. The second kappa shape index (κ2) is 5.02. The number of hydrogen-bond donors (Lipinski definition) is 1. The maximum absolute atomic E-state index is 11.0. The zero-order valence-electron chi connectivity index (χ0n) is 9.19. The maximum Gasteiger partial charge on any atom is 0.221 e. The molecule has 0 aliphatic rings. The first-order valence-corrected chi connectivity index (χ1v) is 5.67. The van der Waals surface area contributed by atoms with Gasteiger partial charge in [0.2, 0.25) is 5.91 Å². The third kappa shape index (κ3) is 2.86. The predicted molar refractivity (Wildman–Crippen MR) is 69.8 cm³/mol. The van der Waals surface area contributed by atoms with E-state index in [1.54, 1.807) is 0 Å². The second-order valence-electron chi connectivity index (χ2n) is 3.81. The molecule has 0 saturated heterocycles. The largest absolute Gasteiger partial charge is 0.369 e. The van der Waals surface area contributed by atoms with E-state index in [2.05, 4.69) is 0 Å². The van der Waals surface area contributed by atoms with Crippen LogP contribution in [-0.4, -0.2) is 5.91 Å². The number of hydrogen-bond acceptors (Lipinski definition) is 1. The van der Waals surface area contributed by atoms with E-state index < -0.39 is 0 Å². The van der Waals surface area contributed by atoms with Gasteiger partial charge in [0.15, 0.2) is 0 Å². The normalized spacial score (nSPS) is 10.2. The van der Waals surface area contributed by atoms with E-state index in [-0.39, 0.29) is 12.3 Å². The molecule has 0 unspecified atom stereocenters. The number of rotatable bonds is 3. The van der Waals surface area contributed by atoms with Crippen molar-refractivity contribution >= 4 is 17.5 Å². The Balaban J connectivity index is 2.44. The van der Waals surface area contributed by atoms with Gasteiger partial charge >= 0.3 is 0 Å². The van der Waals surface area contributed by atoms with Crippen LogP contribution < -0.4 is 5.73 Å². The van der Waals surface area contributed by atoms with Crippen molar-refractivity contribution in [1.29, 1.82) is 0 Å². The minimum absolute atomic E-state index is 0.249. The van der Waals surface area contributed by atoms with Gasteiger partial charge < -0.3 is 5.73 Å². The first-order valence-electron chi connectivity index (χ1n) is 5.29. The number of halogens is 1. The molecular weight excluding hydrogens is 234 g/mol. The maximum atomic E-state index is 11.0. The summed E-state index contributed by atoms with van der Waals surface area (Å²) < 4.78 is 0. The standard InChI is InChI=1S/C14H12ClNO/c15-12-7-5-10(6-8-12)13-4-2-1-3-11(13)9-14(16)17/h1-8H,9H2,(H2,16,17). The highest BCUT2D eigenvalue weighted by Gasteiger charge is 2.06. The Morgan fingerprint density at radius 2 is 1.71 bits per heavy atom. The molecule has 2 aromatic carbocycles. The van der Waals surface area contributed by atoms with Gasteiger partial charge in [0.05, 0.1) is 6.42 Å². The minimum atomic E-state index is -0.327. The summed E-state index contributed by atoms with van der Waals surface area (Å²) in [5.74, 6) is -0.327. The highest BCUT2D eigenvalue weighted by atomic mass is 35.5. The van der Waals surface area contributed by atoms with Crippen molar-refractivity contribution in [2.75, 3.05) is 0 Å². The SMILES string of the molecule is NC(=O)Cc1ccccc1-c1ccc(Cl)cc1. The number of carbonyl (C=O) groups excluding carboxylic acids is 1. The third-order valence-electron chi connectivity index (χ3n) is 2.54.